The number of rotatable bonds is 4. The Labute approximate surface area is 135 Å². The third-order valence-electron chi connectivity index (χ3n) is 3.11. The standard InChI is InChI=1S/C17H18N2O2S/c1-3-21-16(20)14-10-7-11-15(12(14)2)19-17(22)18-13-8-5-4-6-9-13/h4-11H,3H2,1-2H3,(H2,18,19,22). The Morgan fingerprint density at radius 1 is 1.09 bits per heavy atom. The van der Waals surface area contributed by atoms with Crippen molar-refractivity contribution in [1.82, 2.24) is 0 Å². The van der Waals surface area contributed by atoms with Crippen LogP contribution < -0.4 is 10.6 Å². The number of nitrogens with one attached hydrogen (secondary N) is 2. The van der Waals surface area contributed by atoms with E-state index in [1.54, 1.807) is 19.1 Å². The smallest absolute Gasteiger partial charge is 0.338 e. The van der Waals surface area contributed by atoms with Crippen LogP contribution in [0.25, 0.3) is 0 Å². The lowest BCUT2D eigenvalue weighted by Gasteiger charge is -2.14. The summed E-state index contributed by atoms with van der Waals surface area (Å²) in [4.78, 5) is 11.9. The average Bonchev–Trinajstić information content (AvgIpc) is 2.50. The maximum Gasteiger partial charge on any atom is 0.338 e. The van der Waals surface area contributed by atoms with Crippen LogP contribution in [0, 0.1) is 6.92 Å². The molecule has 0 radical (unpaired) electrons. The Morgan fingerprint density at radius 3 is 2.50 bits per heavy atom. The summed E-state index contributed by atoms with van der Waals surface area (Å²) in [6.07, 6.45) is 0. The number of benzene rings is 2. The third kappa shape index (κ3) is 4.05. The minimum Gasteiger partial charge on any atom is -0.462 e. The van der Waals surface area contributed by atoms with Crippen LogP contribution >= 0.6 is 12.2 Å². The van der Waals surface area contributed by atoms with Gasteiger partial charge in [-0.05, 0) is 55.9 Å². The van der Waals surface area contributed by atoms with E-state index in [0.29, 0.717) is 17.3 Å². The van der Waals surface area contributed by atoms with E-state index in [1.807, 2.05) is 43.3 Å². The molecule has 0 fully saturated rings. The van der Waals surface area contributed by atoms with Crippen molar-refractivity contribution in [3.63, 3.8) is 0 Å². The quantitative estimate of drug-likeness (QED) is 0.660. The van der Waals surface area contributed by atoms with Crippen LogP contribution in [0.5, 0.6) is 0 Å². The predicted molar refractivity (Wildman–Crippen MR) is 93.4 cm³/mol. The van der Waals surface area contributed by atoms with Crippen LogP contribution in [-0.2, 0) is 4.74 Å². The van der Waals surface area contributed by atoms with Crippen LogP contribution in [0.1, 0.15) is 22.8 Å². The van der Waals surface area contributed by atoms with Gasteiger partial charge in [-0.15, -0.1) is 0 Å². The first-order chi connectivity index (χ1) is 10.6. The van der Waals surface area contributed by atoms with Gasteiger partial charge in [0.25, 0.3) is 0 Å². The molecule has 2 rings (SSSR count). The predicted octanol–water partition coefficient (Wildman–Crippen LogP) is 3.98. The summed E-state index contributed by atoms with van der Waals surface area (Å²) in [6, 6.07) is 15.1. The molecule has 0 aliphatic heterocycles. The van der Waals surface area contributed by atoms with Gasteiger partial charge >= 0.3 is 5.97 Å². The zero-order valence-corrected chi connectivity index (χ0v) is 13.4. The van der Waals surface area contributed by atoms with E-state index in [1.165, 1.54) is 0 Å². The molecule has 0 atom stereocenters. The number of para-hydroxylation sites is 1. The molecule has 4 nitrogen and oxygen atoms in total. The second-order valence-corrected chi connectivity index (χ2v) is 5.05. The van der Waals surface area contributed by atoms with Crippen LogP contribution in [0.4, 0.5) is 11.4 Å². The Morgan fingerprint density at radius 2 is 1.82 bits per heavy atom. The second-order valence-electron chi connectivity index (χ2n) is 4.64. The molecule has 5 heteroatoms. The van der Waals surface area contributed by atoms with Crippen molar-refractivity contribution >= 4 is 34.7 Å². The highest BCUT2D eigenvalue weighted by Gasteiger charge is 2.13. The van der Waals surface area contributed by atoms with Crippen molar-refractivity contribution in [2.24, 2.45) is 0 Å². The Kier molecular flexibility index (Phi) is 5.49. The monoisotopic (exact) mass is 314 g/mol. The van der Waals surface area contributed by atoms with Gasteiger partial charge in [0, 0.05) is 11.4 Å². The van der Waals surface area contributed by atoms with Crippen molar-refractivity contribution < 1.29 is 9.53 Å². The molecule has 2 aromatic carbocycles. The highest BCUT2D eigenvalue weighted by Crippen LogP contribution is 2.20. The summed E-state index contributed by atoms with van der Waals surface area (Å²) in [5.74, 6) is -0.328. The Balaban J connectivity index is 2.11. The maximum atomic E-state index is 11.9. The first-order valence-electron chi connectivity index (χ1n) is 7.01. The minimum atomic E-state index is -0.328. The Bertz CT molecular complexity index is 672. The number of anilines is 2. The SMILES string of the molecule is CCOC(=O)c1cccc(NC(=S)Nc2ccccc2)c1C. The normalized spacial score (nSPS) is 9.91. The molecule has 2 aromatic rings. The number of hydrogen-bond acceptors (Lipinski definition) is 3. The fourth-order valence-electron chi connectivity index (χ4n) is 2.01. The van der Waals surface area contributed by atoms with E-state index in [2.05, 4.69) is 10.6 Å². The number of hydrogen-bond donors (Lipinski definition) is 2. The zero-order valence-electron chi connectivity index (χ0n) is 12.6. The molecule has 0 spiro atoms. The molecule has 0 aliphatic rings. The number of ether oxygens (including phenoxy) is 1. The van der Waals surface area contributed by atoms with Crippen molar-refractivity contribution in [3.05, 3.63) is 59.7 Å². The Hall–Kier alpha value is -2.40. The van der Waals surface area contributed by atoms with Crippen molar-refractivity contribution in [2.45, 2.75) is 13.8 Å². The van der Waals surface area contributed by atoms with Gasteiger partial charge in [-0.3, -0.25) is 0 Å². The fourth-order valence-corrected chi connectivity index (χ4v) is 2.23. The summed E-state index contributed by atoms with van der Waals surface area (Å²) in [5, 5.41) is 6.67. The van der Waals surface area contributed by atoms with E-state index < -0.39 is 0 Å². The topological polar surface area (TPSA) is 50.4 Å². The first-order valence-corrected chi connectivity index (χ1v) is 7.42. The summed E-state index contributed by atoms with van der Waals surface area (Å²) >= 11 is 5.30. The van der Waals surface area contributed by atoms with Crippen molar-refractivity contribution in [3.8, 4) is 0 Å². The summed E-state index contributed by atoms with van der Waals surface area (Å²) in [7, 11) is 0. The zero-order chi connectivity index (χ0) is 15.9. The average molecular weight is 314 g/mol. The molecule has 0 heterocycles. The molecule has 2 N–H and O–H groups in total. The lowest BCUT2D eigenvalue weighted by molar-refractivity contribution is 0.0525. The first kappa shape index (κ1) is 16.0. The largest absolute Gasteiger partial charge is 0.462 e. The van der Waals surface area contributed by atoms with E-state index >= 15 is 0 Å². The highest BCUT2D eigenvalue weighted by molar-refractivity contribution is 7.80. The van der Waals surface area contributed by atoms with Crippen molar-refractivity contribution in [1.29, 1.82) is 0 Å². The molecule has 0 unspecified atom stereocenters. The van der Waals surface area contributed by atoms with Gasteiger partial charge in [0.2, 0.25) is 0 Å². The summed E-state index contributed by atoms with van der Waals surface area (Å²) < 4.78 is 5.05. The lowest BCUT2D eigenvalue weighted by atomic mass is 10.1. The van der Waals surface area contributed by atoms with Crippen LogP contribution in [0.15, 0.2) is 48.5 Å². The highest BCUT2D eigenvalue weighted by atomic mass is 32.1. The number of esters is 1. The van der Waals surface area contributed by atoms with Gasteiger partial charge in [-0.2, -0.15) is 0 Å². The second kappa shape index (κ2) is 7.56. The van der Waals surface area contributed by atoms with Crippen LogP contribution in [0.2, 0.25) is 0 Å². The van der Waals surface area contributed by atoms with E-state index in [0.717, 1.165) is 16.9 Å². The van der Waals surface area contributed by atoms with Crippen LogP contribution in [0.3, 0.4) is 0 Å². The molecule has 0 saturated heterocycles. The molecule has 114 valence electrons. The molecule has 0 aromatic heterocycles. The van der Waals surface area contributed by atoms with Gasteiger partial charge in [0.05, 0.1) is 12.2 Å². The van der Waals surface area contributed by atoms with E-state index in [9.17, 15) is 4.79 Å². The van der Waals surface area contributed by atoms with Gasteiger partial charge < -0.3 is 15.4 Å². The fraction of sp³-hybridized carbons (Fsp3) is 0.176. The van der Waals surface area contributed by atoms with Gasteiger partial charge in [-0.25, -0.2) is 4.79 Å². The summed E-state index contributed by atoms with van der Waals surface area (Å²) in [5.41, 5.74) is 3.02. The minimum absolute atomic E-state index is 0.328. The number of thiocarbonyl (C=S) groups is 1. The van der Waals surface area contributed by atoms with E-state index in [4.69, 9.17) is 17.0 Å². The van der Waals surface area contributed by atoms with Gasteiger partial charge in [0.1, 0.15) is 0 Å². The molecule has 0 aliphatic carbocycles. The third-order valence-corrected chi connectivity index (χ3v) is 3.31. The number of carbonyl (C=O) groups is 1. The number of carbonyl (C=O) groups excluding carboxylic acids is 1. The van der Waals surface area contributed by atoms with E-state index in [-0.39, 0.29) is 5.97 Å². The van der Waals surface area contributed by atoms with Gasteiger partial charge in [0.15, 0.2) is 5.11 Å². The maximum absolute atomic E-state index is 11.9. The van der Waals surface area contributed by atoms with Crippen LogP contribution in [-0.4, -0.2) is 17.7 Å². The molecular weight excluding hydrogens is 296 g/mol. The lowest BCUT2D eigenvalue weighted by Crippen LogP contribution is -2.20. The molecule has 0 saturated carbocycles. The summed E-state index contributed by atoms with van der Waals surface area (Å²) in [6.45, 7) is 4.00. The van der Waals surface area contributed by atoms with Gasteiger partial charge in [-0.1, -0.05) is 24.3 Å². The molecule has 0 bridgehead atoms. The molecule has 0 amide bonds. The molecule has 22 heavy (non-hydrogen) atoms. The molecular formula is C17H18N2O2S. The van der Waals surface area contributed by atoms with Crippen molar-refractivity contribution in [2.75, 3.05) is 17.2 Å².